The molecule has 1 heterocycles. The van der Waals surface area contributed by atoms with Gasteiger partial charge in [0, 0.05) is 31.6 Å². The Morgan fingerprint density at radius 3 is 1.94 bits per heavy atom. The van der Waals surface area contributed by atoms with Crippen molar-refractivity contribution in [2.75, 3.05) is 0 Å². The van der Waals surface area contributed by atoms with Crippen LogP contribution in [0.4, 0.5) is 0 Å². The number of phenolic OH excluding ortho intramolecular Hbond substituents is 1. The molecule has 3 rings (SSSR count). The van der Waals surface area contributed by atoms with Gasteiger partial charge in [0.15, 0.2) is 10.9 Å². The van der Waals surface area contributed by atoms with Gasteiger partial charge in [0.2, 0.25) is 0 Å². The van der Waals surface area contributed by atoms with Crippen molar-refractivity contribution in [2.45, 2.75) is 77.3 Å². The number of benzene rings is 2. The number of hydrogen-bond acceptors (Lipinski definition) is 4. The van der Waals surface area contributed by atoms with Crippen molar-refractivity contribution in [3.63, 3.8) is 0 Å². The molecule has 2 aromatic carbocycles. The third-order valence-electron chi connectivity index (χ3n) is 5.77. The molecular weight excluding hydrogens is 442 g/mol. The largest absolute Gasteiger partial charge is 0.507 e. The summed E-state index contributed by atoms with van der Waals surface area (Å²) >= 11 is 1.14. The molecule has 4 nitrogen and oxygen atoms in total. The van der Waals surface area contributed by atoms with Gasteiger partial charge in [0.25, 0.3) is 0 Å². The first-order valence-electron chi connectivity index (χ1n) is 11.6. The van der Waals surface area contributed by atoms with E-state index in [1.807, 2.05) is 59.3 Å². The van der Waals surface area contributed by atoms with Crippen molar-refractivity contribution in [1.29, 1.82) is 0 Å². The van der Waals surface area contributed by atoms with E-state index in [9.17, 15) is 14.7 Å². The minimum Gasteiger partial charge on any atom is -0.507 e. The molecule has 0 radical (unpaired) electrons. The number of carbonyl (C=O) groups excluding carboxylic acids is 2. The molecule has 1 aromatic heterocycles. The maximum atomic E-state index is 13.4. The van der Waals surface area contributed by atoms with Crippen LogP contribution in [0, 0.1) is 0 Å². The zero-order valence-corrected chi connectivity index (χ0v) is 22.0. The maximum absolute atomic E-state index is 13.4. The summed E-state index contributed by atoms with van der Waals surface area (Å²) in [6, 6.07) is 15.7. The Morgan fingerprint density at radius 2 is 1.44 bits per heavy atom. The van der Waals surface area contributed by atoms with Crippen molar-refractivity contribution in [2.24, 2.45) is 0 Å². The normalized spacial score (nSPS) is 12.1. The van der Waals surface area contributed by atoms with Crippen LogP contribution < -0.4 is 0 Å². The molecule has 5 heteroatoms. The topological polar surface area (TPSA) is 59.3 Å². The molecule has 0 unspecified atom stereocenters. The predicted octanol–water partition coefficient (Wildman–Crippen LogP) is 6.90. The lowest BCUT2D eigenvalue weighted by Crippen LogP contribution is -2.18. The molecule has 0 aliphatic rings. The van der Waals surface area contributed by atoms with Crippen molar-refractivity contribution in [3.05, 3.63) is 82.5 Å². The lowest BCUT2D eigenvalue weighted by atomic mass is 9.78. The van der Waals surface area contributed by atoms with Gasteiger partial charge in [-0.3, -0.25) is 9.59 Å². The Bertz CT molecular complexity index is 1160. The summed E-state index contributed by atoms with van der Waals surface area (Å²) in [5, 5.41) is 11.7. The molecule has 0 spiro atoms. The summed E-state index contributed by atoms with van der Waals surface area (Å²) in [6.07, 6.45) is 2.07. The van der Waals surface area contributed by atoms with Gasteiger partial charge in [-0.2, -0.15) is 0 Å². The first-order chi connectivity index (χ1) is 15.8. The number of hydrogen-bond donors (Lipinski definition) is 1. The van der Waals surface area contributed by atoms with E-state index >= 15 is 0 Å². The van der Waals surface area contributed by atoms with E-state index < -0.39 is 0 Å². The predicted molar refractivity (Wildman–Crippen MR) is 140 cm³/mol. The van der Waals surface area contributed by atoms with Crippen LogP contribution in [0.3, 0.4) is 0 Å². The smallest absolute Gasteiger partial charge is 0.192 e. The van der Waals surface area contributed by atoms with Crippen LogP contribution in [0.2, 0.25) is 0 Å². The van der Waals surface area contributed by atoms with E-state index in [1.165, 1.54) is 6.92 Å². The second kappa shape index (κ2) is 9.83. The summed E-state index contributed by atoms with van der Waals surface area (Å²) < 4.78 is 1.96. The highest BCUT2D eigenvalue weighted by Gasteiger charge is 2.27. The molecule has 0 bridgehead atoms. The molecule has 180 valence electrons. The van der Waals surface area contributed by atoms with Gasteiger partial charge in [0.1, 0.15) is 5.75 Å². The average molecular weight is 478 g/mol. The zero-order valence-electron chi connectivity index (χ0n) is 21.2. The number of aromatic nitrogens is 1. The second-order valence-electron chi connectivity index (χ2n) is 10.9. The fraction of sp³-hybridized carbons (Fsp3) is 0.379. The molecule has 0 saturated heterocycles. The molecule has 0 saturated carbocycles. The van der Waals surface area contributed by atoms with Gasteiger partial charge in [-0.15, -0.1) is 0 Å². The van der Waals surface area contributed by atoms with Crippen LogP contribution in [0.25, 0.3) is 0 Å². The van der Waals surface area contributed by atoms with Gasteiger partial charge in [-0.25, -0.2) is 0 Å². The van der Waals surface area contributed by atoms with Gasteiger partial charge in [-0.05, 0) is 50.9 Å². The molecule has 1 N–H and O–H groups in total. The van der Waals surface area contributed by atoms with Gasteiger partial charge < -0.3 is 9.67 Å². The van der Waals surface area contributed by atoms with Crippen LogP contribution in [-0.4, -0.2) is 20.6 Å². The summed E-state index contributed by atoms with van der Waals surface area (Å²) in [5.74, 6) is 0.299. The summed E-state index contributed by atoms with van der Waals surface area (Å²) in [4.78, 5) is 25.2. The van der Waals surface area contributed by atoms with Crippen LogP contribution >= 0.6 is 11.8 Å². The molecular formula is C29H35NO3S. The average Bonchev–Trinajstić information content (AvgIpc) is 3.10. The molecule has 0 amide bonds. The third-order valence-corrected chi connectivity index (χ3v) is 6.62. The van der Waals surface area contributed by atoms with Crippen molar-refractivity contribution in [1.82, 2.24) is 4.57 Å². The van der Waals surface area contributed by atoms with E-state index in [-0.39, 0.29) is 28.1 Å². The van der Waals surface area contributed by atoms with E-state index in [2.05, 4.69) is 41.5 Å². The SMILES string of the molecule is CC(=O)Sc1cc(C(=O)Cc2cc(C(C)(C)C)c(O)c(C(C)(C)C)c2)cn1Cc1ccccc1. The number of aromatic hydroxyl groups is 1. The van der Waals surface area contributed by atoms with Gasteiger partial charge in [0.05, 0.1) is 5.03 Å². The molecule has 0 atom stereocenters. The number of phenols is 1. The van der Waals surface area contributed by atoms with Gasteiger partial charge >= 0.3 is 0 Å². The molecule has 0 fully saturated rings. The van der Waals surface area contributed by atoms with E-state index in [0.29, 0.717) is 17.9 Å². The molecule has 0 aliphatic carbocycles. The first-order valence-corrected chi connectivity index (χ1v) is 12.4. The fourth-order valence-electron chi connectivity index (χ4n) is 4.00. The Kier molecular flexibility index (Phi) is 7.47. The first kappa shape index (κ1) is 25.8. The highest BCUT2D eigenvalue weighted by atomic mass is 32.2. The Morgan fingerprint density at radius 1 is 0.882 bits per heavy atom. The van der Waals surface area contributed by atoms with Crippen LogP contribution in [0.15, 0.2) is 59.8 Å². The Balaban J connectivity index is 1.97. The van der Waals surface area contributed by atoms with Crippen molar-refractivity contribution >= 4 is 22.7 Å². The van der Waals surface area contributed by atoms with Crippen LogP contribution in [-0.2, 0) is 28.6 Å². The molecule has 0 aliphatic heterocycles. The summed E-state index contributed by atoms with van der Waals surface area (Å²) in [5.41, 5.74) is 3.75. The zero-order chi connectivity index (χ0) is 25.3. The highest BCUT2D eigenvalue weighted by Crippen LogP contribution is 2.40. The number of rotatable bonds is 6. The molecule has 3 aromatic rings. The van der Waals surface area contributed by atoms with Gasteiger partial charge in [-0.1, -0.05) is 84.0 Å². The number of nitrogens with zero attached hydrogens (tertiary/aromatic N) is 1. The summed E-state index contributed by atoms with van der Waals surface area (Å²) in [7, 11) is 0. The van der Waals surface area contributed by atoms with E-state index in [1.54, 1.807) is 0 Å². The fourth-order valence-corrected chi connectivity index (χ4v) is 4.72. The molecule has 34 heavy (non-hydrogen) atoms. The maximum Gasteiger partial charge on any atom is 0.192 e. The van der Waals surface area contributed by atoms with E-state index in [0.717, 1.165) is 39.0 Å². The lowest BCUT2D eigenvalue weighted by Gasteiger charge is -2.28. The van der Waals surface area contributed by atoms with Crippen LogP contribution in [0.1, 0.15) is 81.1 Å². The minimum atomic E-state index is -0.256. The summed E-state index contributed by atoms with van der Waals surface area (Å²) in [6.45, 7) is 14.5. The van der Waals surface area contributed by atoms with Crippen molar-refractivity contribution in [3.8, 4) is 5.75 Å². The number of carbonyl (C=O) groups is 2. The van der Waals surface area contributed by atoms with E-state index in [4.69, 9.17) is 0 Å². The minimum absolute atomic E-state index is 0.0115. The monoisotopic (exact) mass is 477 g/mol. The van der Waals surface area contributed by atoms with Crippen molar-refractivity contribution < 1.29 is 14.7 Å². The second-order valence-corrected chi connectivity index (χ2v) is 12.1. The third kappa shape index (κ3) is 6.20. The number of Topliss-reactive ketones (excluding diaryl/α,β-unsaturated/α-hetero) is 1. The lowest BCUT2D eigenvalue weighted by molar-refractivity contribution is -0.109. The Labute approximate surface area is 207 Å². The number of ketones is 1. The van der Waals surface area contributed by atoms with Crippen LogP contribution in [0.5, 0.6) is 5.75 Å². The number of thioether (sulfide) groups is 1. The standard InChI is InChI=1S/C29H35NO3S/c1-19(31)34-26-16-22(18-30(26)17-20-11-9-8-10-12-20)25(32)15-21-13-23(28(2,3)4)27(33)24(14-21)29(5,6)7/h8-14,16,18,33H,15,17H2,1-7H3. The highest BCUT2D eigenvalue weighted by molar-refractivity contribution is 8.13. The Hall–Kier alpha value is -2.79. The quantitative estimate of drug-likeness (QED) is 0.310.